The molecule has 2 N–H and O–H groups in total. The lowest BCUT2D eigenvalue weighted by molar-refractivity contribution is 0.763. The van der Waals surface area contributed by atoms with Gasteiger partial charge in [0.15, 0.2) is 0 Å². The molecule has 18 heavy (non-hydrogen) atoms. The molecule has 6 nitrogen and oxygen atoms in total. The van der Waals surface area contributed by atoms with Gasteiger partial charge in [0.05, 0.1) is 16.8 Å². The van der Waals surface area contributed by atoms with Gasteiger partial charge in [0.1, 0.15) is 6.07 Å². The van der Waals surface area contributed by atoms with Gasteiger partial charge in [-0.3, -0.25) is 9.78 Å². The molecule has 0 aliphatic rings. The van der Waals surface area contributed by atoms with Crippen LogP contribution in [-0.4, -0.2) is 22.2 Å². The van der Waals surface area contributed by atoms with Gasteiger partial charge >= 0.3 is 0 Å². The Morgan fingerprint density at radius 1 is 1.44 bits per heavy atom. The highest BCUT2D eigenvalue weighted by Crippen LogP contribution is 2.15. The third kappa shape index (κ3) is 2.42. The quantitative estimate of drug-likeness (QED) is 0.812. The molecule has 90 valence electrons. The highest BCUT2D eigenvalue weighted by Gasteiger charge is 2.07. The zero-order valence-electron chi connectivity index (χ0n) is 9.77. The maximum atomic E-state index is 11.7. The highest BCUT2D eigenvalue weighted by atomic mass is 16.1. The molecule has 2 rings (SSSR count). The van der Waals surface area contributed by atoms with Crippen LogP contribution in [-0.2, 0) is 6.54 Å². The SMILES string of the molecule is CNCc1cc(-c2cncc(C#N)c2)c(=O)[nH]n1. The minimum atomic E-state index is -0.299. The molecule has 2 aromatic rings. The predicted octanol–water partition coefficient (Wildman–Crippen LogP) is 0.423. The number of rotatable bonds is 3. The lowest BCUT2D eigenvalue weighted by Gasteiger charge is -2.03. The van der Waals surface area contributed by atoms with Crippen molar-refractivity contribution >= 4 is 0 Å². The Morgan fingerprint density at radius 3 is 3.00 bits per heavy atom. The fourth-order valence-corrected chi connectivity index (χ4v) is 1.58. The van der Waals surface area contributed by atoms with Gasteiger partial charge in [-0.25, -0.2) is 5.10 Å². The summed E-state index contributed by atoms with van der Waals surface area (Å²) < 4.78 is 0. The molecule has 0 radical (unpaired) electrons. The number of H-pyrrole nitrogens is 1. The summed E-state index contributed by atoms with van der Waals surface area (Å²) in [5, 5.41) is 18.1. The van der Waals surface area contributed by atoms with Crippen LogP contribution in [0.5, 0.6) is 0 Å². The van der Waals surface area contributed by atoms with E-state index in [0.717, 1.165) is 5.69 Å². The molecular formula is C12H11N5O. The van der Waals surface area contributed by atoms with Crippen LogP contribution < -0.4 is 10.9 Å². The van der Waals surface area contributed by atoms with E-state index in [1.807, 2.05) is 6.07 Å². The van der Waals surface area contributed by atoms with Crippen molar-refractivity contribution < 1.29 is 0 Å². The second-order valence-electron chi connectivity index (χ2n) is 3.71. The van der Waals surface area contributed by atoms with E-state index in [4.69, 9.17) is 5.26 Å². The van der Waals surface area contributed by atoms with Crippen LogP contribution >= 0.6 is 0 Å². The van der Waals surface area contributed by atoms with Gasteiger partial charge in [0.25, 0.3) is 5.56 Å². The average molecular weight is 241 g/mol. The molecule has 2 aromatic heterocycles. The summed E-state index contributed by atoms with van der Waals surface area (Å²) >= 11 is 0. The van der Waals surface area contributed by atoms with Gasteiger partial charge in [-0.2, -0.15) is 10.4 Å². The number of aromatic amines is 1. The van der Waals surface area contributed by atoms with E-state index in [9.17, 15) is 4.79 Å². The first-order valence-corrected chi connectivity index (χ1v) is 5.33. The maximum Gasteiger partial charge on any atom is 0.272 e. The predicted molar refractivity (Wildman–Crippen MR) is 65.6 cm³/mol. The molecule has 0 fully saturated rings. The summed E-state index contributed by atoms with van der Waals surface area (Å²) in [6.45, 7) is 0.551. The van der Waals surface area contributed by atoms with Crippen molar-refractivity contribution in [3.63, 3.8) is 0 Å². The Labute approximate surface area is 103 Å². The van der Waals surface area contributed by atoms with Crippen LogP contribution in [0, 0.1) is 11.3 Å². The van der Waals surface area contributed by atoms with E-state index in [-0.39, 0.29) is 5.56 Å². The molecule has 0 aromatic carbocycles. The monoisotopic (exact) mass is 241 g/mol. The normalized spacial score (nSPS) is 10.0. The molecule has 0 spiro atoms. The molecule has 0 aliphatic heterocycles. The third-order valence-electron chi connectivity index (χ3n) is 2.39. The fraction of sp³-hybridized carbons (Fsp3) is 0.167. The van der Waals surface area contributed by atoms with Crippen molar-refractivity contribution in [3.05, 3.63) is 46.1 Å². The number of hydrogen-bond acceptors (Lipinski definition) is 5. The van der Waals surface area contributed by atoms with Crippen molar-refractivity contribution in [2.45, 2.75) is 6.54 Å². The molecule has 0 amide bonds. The summed E-state index contributed by atoms with van der Waals surface area (Å²) in [6, 6.07) is 5.31. The van der Waals surface area contributed by atoms with Gasteiger partial charge < -0.3 is 5.32 Å². The highest BCUT2D eigenvalue weighted by molar-refractivity contribution is 5.63. The Morgan fingerprint density at radius 2 is 2.28 bits per heavy atom. The zero-order valence-corrected chi connectivity index (χ0v) is 9.77. The van der Waals surface area contributed by atoms with E-state index in [1.54, 1.807) is 25.4 Å². The van der Waals surface area contributed by atoms with Crippen molar-refractivity contribution in [2.24, 2.45) is 0 Å². The van der Waals surface area contributed by atoms with Crippen LogP contribution in [0.2, 0.25) is 0 Å². The fourth-order valence-electron chi connectivity index (χ4n) is 1.58. The second kappa shape index (κ2) is 5.21. The van der Waals surface area contributed by atoms with E-state index in [1.165, 1.54) is 6.20 Å². The first-order valence-electron chi connectivity index (χ1n) is 5.33. The van der Waals surface area contributed by atoms with E-state index in [0.29, 0.717) is 23.2 Å². The molecule has 0 bridgehead atoms. The lowest BCUT2D eigenvalue weighted by atomic mass is 10.1. The van der Waals surface area contributed by atoms with Gasteiger partial charge in [0.2, 0.25) is 0 Å². The molecule has 0 unspecified atom stereocenters. The van der Waals surface area contributed by atoms with E-state index in [2.05, 4.69) is 20.5 Å². The lowest BCUT2D eigenvalue weighted by Crippen LogP contribution is -2.16. The van der Waals surface area contributed by atoms with Gasteiger partial charge in [-0.1, -0.05) is 0 Å². The number of aromatic nitrogens is 3. The summed E-state index contributed by atoms with van der Waals surface area (Å²) in [6.07, 6.45) is 3.00. The minimum absolute atomic E-state index is 0.299. The average Bonchev–Trinajstić information content (AvgIpc) is 2.41. The van der Waals surface area contributed by atoms with Crippen LogP contribution in [0.4, 0.5) is 0 Å². The first-order chi connectivity index (χ1) is 8.74. The molecule has 2 heterocycles. The molecule has 0 atom stereocenters. The topological polar surface area (TPSA) is 94.5 Å². The Bertz CT molecular complexity index is 656. The molecule has 6 heteroatoms. The Kier molecular flexibility index (Phi) is 3.46. The van der Waals surface area contributed by atoms with Crippen LogP contribution in [0.3, 0.4) is 0 Å². The molecule has 0 aliphatic carbocycles. The summed E-state index contributed by atoms with van der Waals surface area (Å²) in [5.74, 6) is 0. The number of pyridine rings is 1. The first kappa shape index (κ1) is 12.0. The summed E-state index contributed by atoms with van der Waals surface area (Å²) in [5.41, 5.74) is 1.90. The summed E-state index contributed by atoms with van der Waals surface area (Å²) in [4.78, 5) is 15.7. The van der Waals surface area contributed by atoms with Gasteiger partial charge in [-0.05, 0) is 19.2 Å². The van der Waals surface area contributed by atoms with Crippen LogP contribution in [0.15, 0.2) is 29.3 Å². The van der Waals surface area contributed by atoms with E-state index < -0.39 is 0 Å². The van der Waals surface area contributed by atoms with E-state index >= 15 is 0 Å². The van der Waals surface area contributed by atoms with Crippen molar-refractivity contribution in [3.8, 4) is 17.2 Å². The molecule has 0 saturated carbocycles. The standard InChI is InChI=1S/C12H11N5O/c1-14-7-10-3-11(12(18)17-16-10)9-2-8(4-13)5-15-6-9/h2-3,5-6,14H,7H2,1H3,(H,17,18). The Hall–Kier alpha value is -2.52. The number of nitriles is 1. The van der Waals surface area contributed by atoms with Crippen molar-refractivity contribution in [1.29, 1.82) is 5.26 Å². The number of nitrogens with one attached hydrogen (secondary N) is 2. The second-order valence-corrected chi connectivity index (χ2v) is 3.71. The summed E-state index contributed by atoms with van der Waals surface area (Å²) in [7, 11) is 1.80. The van der Waals surface area contributed by atoms with Crippen molar-refractivity contribution in [1.82, 2.24) is 20.5 Å². The largest absolute Gasteiger partial charge is 0.314 e. The number of nitrogens with zero attached hydrogens (tertiary/aromatic N) is 3. The maximum absolute atomic E-state index is 11.7. The van der Waals surface area contributed by atoms with Gasteiger partial charge in [0, 0.05) is 24.5 Å². The molecule has 0 saturated heterocycles. The van der Waals surface area contributed by atoms with Crippen molar-refractivity contribution in [2.75, 3.05) is 7.05 Å². The zero-order chi connectivity index (χ0) is 13.0. The molecular weight excluding hydrogens is 230 g/mol. The van der Waals surface area contributed by atoms with Gasteiger partial charge in [-0.15, -0.1) is 0 Å². The third-order valence-corrected chi connectivity index (χ3v) is 2.39. The van der Waals surface area contributed by atoms with Crippen LogP contribution in [0.25, 0.3) is 11.1 Å². The van der Waals surface area contributed by atoms with Crippen LogP contribution in [0.1, 0.15) is 11.3 Å². The Balaban J connectivity index is 2.52. The minimum Gasteiger partial charge on any atom is -0.314 e. The smallest absolute Gasteiger partial charge is 0.272 e. The number of hydrogen-bond donors (Lipinski definition) is 2.